The molecular formula is C83H152NO8P. The van der Waals surface area contributed by atoms with Gasteiger partial charge in [-0.3, -0.25) is 18.6 Å². The minimum Gasteiger partial charge on any atom is -0.462 e. The van der Waals surface area contributed by atoms with Crippen molar-refractivity contribution in [1.29, 1.82) is 0 Å². The Labute approximate surface area is 576 Å². The van der Waals surface area contributed by atoms with E-state index in [9.17, 15) is 19.0 Å². The normalized spacial score (nSPS) is 13.3. The third-order valence-electron chi connectivity index (χ3n) is 17.8. The molecule has 0 aliphatic heterocycles. The first-order chi connectivity index (χ1) is 45.8. The molecule has 0 rings (SSSR count). The van der Waals surface area contributed by atoms with Gasteiger partial charge >= 0.3 is 19.8 Å². The second-order valence-electron chi connectivity index (χ2n) is 26.9. The molecule has 0 fully saturated rings. The highest BCUT2D eigenvalue weighted by molar-refractivity contribution is 7.47. The Kier molecular flexibility index (Phi) is 75.8. The van der Waals surface area contributed by atoms with Crippen molar-refractivity contribution in [3.8, 4) is 0 Å². The molecule has 0 aromatic heterocycles. The third kappa shape index (κ3) is 78.1. The maximum absolute atomic E-state index is 12.8. The molecule has 2 unspecified atom stereocenters. The lowest BCUT2D eigenvalue weighted by Gasteiger charge is -2.19. The number of phosphoric ester groups is 1. The molecule has 0 aliphatic rings. The Balaban J connectivity index is 3.76. The average molecular weight is 1320 g/mol. The third-order valence-corrected chi connectivity index (χ3v) is 18.7. The van der Waals surface area contributed by atoms with Gasteiger partial charge in [0.15, 0.2) is 6.10 Å². The van der Waals surface area contributed by atoms with Crippen LogP contribution in [0.15, 0.2) is 85.1 Å². The molecule has 0 saturated carbocycles. The SMILES string of the molecule is CC/C=C\C/C=C\C/C=C\C/C=C\CCCCCCCCCCCCCCCCCCCCCCCCCCCCC(=O)OC(COC(=O)CCCCCCCCCCCCCCCCCCCC/C=C\C/C=C\C/C=C\CCCCCCC)COP(=O)(O)OCCN. The van der Waals surface area contributed by atoms with Crippen molar-refractivity contribution in [2.45, 2.75) is 405 Å². The highest BCUT2D eigenvalue weighted by atomic mass is 31.2. The van der Waals surface area contributed by atoms with Crippen LogP contribution < -0.4 is 5.73 Å². The molecule has 0 aromatic rings. The maximum atomic E-state index is 12.8. The largest absolute Gasteiger partial charge is 0.472 e. The molecule has 0 spiro atoms. The fraction of sp³-hybridized carbons (Fsp3) is 0.807. The fourth-order valence-corrected chi connectivity index (χ4v) is 12.6. The molecule has 3 N–H and O–H groups in total. The second kappa shape index (κ2) is 78.2. The number of esters is 2. The molecule has 93 heavy (non-hydrogen) atoms. The van der Waals surface area contributed by atoms with E-state index < -0.39 is 26.5 Å². The van der Waals surface area contributed by atoms with E-state index in [1.165, 1.54) is 295 Å². The monoisotopic (exact) mass is 1320 g/mol. The summed E-state index contributed by atoms with van der Waals surface area (Å²) in [7, 11) is -4.40. The minimum atomic E-state index is -4.40. The quantitative estimate of drug-likeness (QED) is 0.0264. The number of phosphoric acid groups is 1. The number of carbonyl (C=O) groups is 2. The highest BCUT2D eigenvalue weighted by Gasteiger charge is 2.26. The summed E-state index contributed by atoms with van der Waals surface area (Å²) in [6.45, 7) is 3.68. The lowest BCUT2D eigenvalue weighted by Crippen LogP contribution is -2.29. The predicted molar refractivity (Wildman–Crippen MR) is 404 cm³/mol. The molecule has 0 saturated heterocycles. The van der Waals surface area contributed by atoms with Gasteiger partial charge in [0.05, 0.1) is 13.2 Å². The zero-order chi connectivity index (χ0) is 67.2. The first kappa shape index (κ1) is 90.2. The van der Waals surface area contributed by atoms with E-state index in [2.05, 4.69) is 98.9 Å². The van der Waals surface area contributed by atoms with E-state index in [4.69, 9.17) is 24.3 Å². The van der Waals surface area contributed by atoms with Gasteiger partial charge in [0.2, 0.25) is 0 Å². The number of hydrogen-bond donors (Lipinski definition) is 2. The summed E-state index contributed by atoms with van der Waals surface area (Å²) in [5, 5.41) is 0. The lowest BCUT2D eigenvalue weighted by molar-refractivity contribution is -0.161. The summed E-state index contributed by atoms with van der Waals surface area (Å²) < 4.78 is 33.3. The van der Waals surface area contributed by atoms with Crippen molar-refractivity contribution in [1.82, 2.24) is 0 Å². The molecule has 0 bridgehead atoms. The summed E-state index contributed by atoms with van der Waals surface area (Å²) in [5.74, 6) is -0.807. The van der Waals surface area contributed by atoms with E-state index in [0.717, 1.165) is 70.6 Å². The summed E-state index contributed by atoms with van der Waals surface area (Å²) in [6.07, 6.45) is 106. The average Bonchev–Trinajstić information content (AvgIpc) is 3.60. The van der Waals surface area contributed by atoms with Gasteiger partial charge in [-0.15, -0.1) is 0 Å². The second-order valence-corrected chi connectivity index (χ2v) is 28.4. The van der Waals surface area contributed by atoms with Gasteiger partial charge in [-0.1, -0.05) is 381 Å². The van der Waals surface area contributed by atoms with Crippen LogP contribution in [-0.4, -0.2) is 49.3 Å². The maximum Gasteiger partial charge on any atom is 0.472 e. The number of allylic oxidation sites excluding steroid dienone is 14. The predicted octanol–water partition coefficient (Wildman–Crippen LogP) is 26.9. The minimum absolute atomic E-state index is 0.0542. The molecule has 0 aliphatic carbocycles. The fourth-order valence-electron chi connectivity index (χ4n) is 11.9. The number of carbonyl (C=O) groups excluding carboxylic acids is 2. The number of hydrogen-bond acceptors (Lipinski definition) is 8. The molecule has 0 amide bonds. The van der Waals surface area contributed by atoms with Crippen molar-refractivity contribution < 1.29 is 37.6 Å². The zero-order valence-electron chi connectivity index (χ0n) is 61.2. The van der Waals surface area contributed by atoms with E-state index in [1.54, 1.807) is 0 Å². The number of unbranched alkanes of at least 4 members (excludes halogenated alkanes) is 49. The summed E-state index contributed by atoms with van der Waals surface area (Å²) in [6, 6.07) is 0. The van der Waals surface area contributed by atoms with Crippen LogP contribution in [0.2, 0.25) is 0 Å². The van der Waals surface area contributed by atoms with Crippen molar-refractivity contribution in [3.05, 3.63) is 85.1 Å². The first-order valence-electron chi connectivity index (χ1n) is 40.1. The smallest absolute Gasteiger partial charge is 0.462 e. The van der Waals surface area contributed by atoms with Crippen LogP contribution in [0.4, 0.5) is 0 Å². The molecule has 9 nitrogen and oxygen atoms in total. The Morgan fingerprint density at radius 1 is 0.333 bits per heavy atom. The van der Waals surface area contributed by atoms with Gasteiger partial charge < -0.3 is 20.1 Å². The van der Waals surface area contributed by atoms with Crippen LogP contribution in [0.3, 0.4) is 0 Å². The van der Waals surface area contributed by atoms with Gasteiger partial charge in [-0.05, 0) is 89.9 Å². The van der Waals surface area contributed by atoms with Crippen molar-refractivity contribution in [2.24, 2.45) is 5.73 Å². The Morgan fingerprint density at radius 3 is 0.882 bits per heavy atom. The van der Waals surface area contributed by atoms with Crippen LogP contribution in [0.5, 0.6) is 0 Å². The van der Waals surface area contributed by atoms with E-state index in [1.807, 2.05) is 0 Å². The standard InChI is InChI=1S/C83H152NO8P/c1-3-5-7-9-11-13-15-17-19-21-23-25-27-29-31-33-35-37-38-39-40-41-42-44-46-48-50-52-54-56-58-60-62-64-66-68-70-72-74-76-83(86)92-81(80-91-93(87,88)90-78-77-84)79-89-82(85)75-73-71-69-67-65-63-61-59-57-55-53-51-49-47-45-43-36-34-32-30-28-26-24-22-20-18-16-14-12-10-8-6-4-2/h5,7,11,13,16-19,22-25,28,30,81H,3-4,6,8-10,12,14-15,20-21,26-27,29,31-80,84H2,1-2H3,(H,87,88)/b7-5-,13-11-,18-16-,19-17-,24-22-,25-23-,30-28-. The van der Waals surface area contributed by atoms with E-state index in [0.29, 0.717) is 6.42 Å². The zero-order valence-corrected chi connectivity index (χ0v) is 62.1. The summed E-state index contributed by atoms with van der Waals surface area (Å²) in [5.41, 5.74) is 5.42. The summed E-state index contributed by atoms with van der Waals surface area (Å²) in [4.78, 5) is 35.5. The van der Waals surface area contributed by atoms with Crippen LogP contribution in [0.25, 0.3) is 0 Å². The molecule has 0 heterocycles. The van der Waals surface area contributed by atoms with Crippen LogP contribution in [0.1, 0.15) is 399 Å². The molecule has 0 radical (unpaired) electrons. The van der Waals surface area contributed by atoms with Gasteiger partial charge in [-0.25, -0.2) is 4.57 Å². The van der Waals surface area contributed by atoms with Crippen molar-refractivity contribution in [2.75, 3.05) is 26.4 Å². The first-order valence-corrected chi connectivity index (χ1v) is 41.6. The molecule has 0 aromatic carbocycles. The Morgan fingerprint density at radius 2 is 0.591 bits per heavy atom. The Bertz CT molecular complexity index is 1810. The van der Waals surface area contributed by atoms with Gasteiger partial charge in [0.1, 0.15) is 6.61 Å². The number of ether oxygens (including phenoxy) is 2. The van der Waals surface area contributed by atoms with Gasteiger partial charge in [0, 0.05) is 19.4 Å². The van der Waals surface area contributed by atoms with Gasteiger partial charge in [0.25, 0.3) is 0 Å². The molecule has 542 valence electrons. The lowest BCUT2D eigenvalue weighted by atomic mass is 10.0. The molecule has 10 heteroatoms. The number of rotatable bonds is 76. The Hall–Kier alpha value is -2.81. The topological polar surface area (TPSA) is 134 Å². The van der Waals surface area contributed by atoms with E-state index >= 15 is 0 Å². The van der Waals surface area contributed by atoms with Crippen LogP contribution >= 0.6 is 7.82 Å². The van der Waals surface area contributed by atoms with Crippen molar-refractivity contribution >= 4 is 19.8 Å². The molecular weight excluding hydrogens is 1170 g/mol. The van der Waals surface area contributed by atoms with Gasteiger partial charge in [-0.2, -0.15) is 0 Å². The highest BCUT2D eigenvalue weighted by Crippen LogP contribution is 2.43. The number of nitrogens with two attached hydrogens (primary N) is 1. The van der Waals surface area contributed by atoms with Crippen LogP contribution in [-0.2, 0) is 32.7 Å². The molecule has 2 atom stereocenters. The summed E-state index contributed by atoms with van der Waals surface area (Å²) >= 11 is 0. The van der Waals surface area contributed by atoms with Crippen molar-refractivity contribution in [3.63, 3.8) is 0 Å². The van der Waals surface area contributed by atoms with E-state index in [-0.39, 0.29) is 38.6 Å². The van der Waals surface area contributed by atoms with Crippen LogP contribution in [0, 0.1) is 0 Å².